The molecule has 24 heavy (non-hydrogen) atoms. The summed E-state index contributed by atoms with van der Waals surface area (Å²) in [5.41, 5.74) is 3.20. The highest BCUT2D eigenvalue weighted by Crippen LogP contribution is 2.30. The number of hydrogen-bond donors (Lipinski definition) is 1. The molecule has 0 aromatic carbocycles. The first-order valence-electron chi connectivity index (χ1n) is 7.55. The predicted molar refractivity (Wildman–Crippen MR) is 90.8 cm³/mol. The van der Waals surface area contributed by atoms with Crippen LogP contribution in [0.1, 0.15) is 11.4 Å². The molecule has 0 aliphatic carbocycles. The van der Waals surface area contributed by atoms with Gasteiger partial charge in [-0.05, 0) is 31.4 Å². The van der Waals surface area contributed by atoms with Crippen molar-refractivity contribution in [2.75, 3.05) is 6.54 Å². The zero-order chi connectivity index (χ0) is 17.1. The number of aryl methyl sites for hydroxylation is 1. The molecule has 1 atom stereocenters. The number of rotatable bonds is 5. The zero-order valence-corrected chi connectivity index (χ0v) is 14.2. The van der Waals surface area contributed by atoms with Gasteiger partial charge in [0.25, 0.3) is 11.8 Å². The van der Waals surface area contributed by atoms with Crippen molar-refractivity contribution < 1.29 is 9.59 Å². The van der Waals surface area contributed by atoms with Crippen LogP contribution in [0.2, 0.25) is 0 Å². The number of carbonyl (C=O) groups excluding carboxylic acids is 2. The molecule has 0 spiro atoms. The second-order valence-corrected chi connectivity index (χ2v) is 6.34. The smallest absolute Gasteiger partial charge is 0.287 e. The van der Waals surface area contributed by atoms with Crippen molar-refractivity contribution in [3.63, 3.8) is 0 Å². The monoisotopic (exact) mass is 343 g/mol. The second kappa shape index (κ2) is 6.88. The molecule has 1 aliphatic heterocycles. The van der Waals surface area contributed by atoms with Gasteiger partial charge in [0.05, 0.1) is 12.2 Å². The van der Waals surface area contributed by atoms with Crippen molar-refractivity contribution in [3.8, 4) is 10.4 Å². The molecule has 3 rings (SSSR count). The van der Waals surface area contributed by atoms with E-state index >= 15 is 0 Å². The Hall–Kier alpha value is -2.61. The first-order valence-corrected chi connectivity index (χ1v) is 8.43. The number of amides is 2. The van der Waals surface area contributed by atoms with E-state index in [0.29, 0.717) is 13.1 Å². The largest absolute Gasteiger partial charge is 0.352 e. The Bertz CT molecular complexity index is 804. The molecule has 1 aliphatic rings. The van der Waals surface area contributed by atoms with Crippen molar-refractivity contribution in [2.45, 2.75) is 26.4 Å². The Morgan fingerprint density at radius 3 is 2.92 bits per heavy atom. The number of thiophene rings is 1. The average Bonchev–Trinajstić information content (AvgIpc) is 3.16. The molecular weight excluding hydrogens is 326 g/mol. The van der Waals surface area contributed by atoms with Crippen LogP contribution >= 0.6 is 11.3 Å². The first kappa shape index (κ1) is 16.3. The van der Waals surface area contributed by atoms with E-state index in [0.717, 1.165) is 17.0 Å². The molecule has 0 saturated heterocycles. The lowest BCUT2D eigenvalue weighted by atomic mass is 10.1. The maximum absolute atomic E-state index is 12.0. The molecule has 0 fully saturated rings. The van der Waals surface area contributed by atoms with E-state index in [1.54, 1.807) is 11.3 Å². The normalized spacial score (nSPS) is 16.6. The summed E-state index contributed by atoms with van der Waals surface area (Å²) in [5.74, 6) is -0.717. The fraction of sp³-hybridized carbons (Fsp3) is 0.312. The van der Waals surface area contributed by atoms with Gasteiger partial charge in [0.2, 0.25) is 0 Å². The standard InChI is InChI=1S/C16H17N5O2S/c1-10-15(13-4-3-9-24-13)11(2)21(20-10)8-7-17-16(23)12-5-6-14(22)19-18-12/h3-6,9,12H,7-8H2,1-2H3,(H,17,23). The Balaban J connectivity index is 1.61. The lowest BCUT2D eigenvalue weighted by Gasteiger charge is -2.10. The molecular formula is C16H17N5O2S. The van der Waals surface area contributed by atoms with E-state index in [9.17, 15) is 9.59 Å². The fourth-order valence-electron chi connectivity index (χ4n) is 2.59. The van der Waals surface area contributed by atoms with Crippen LogP contribution in [0, 0.1) is 13.8 Å². The Morgan fingerprint density at radius 1 is 1.42 bits per heavy atom. The van der Waals surface area contributed by atoms with Gasteiger partial charge in [-0.2, -0.15) is 10.2 Å². The molecule has 8 heteroatoms. The average molecular weight is 343 g/mol. The molecule has 7 nitrogen and oxygen atoms in total. The molecule has 3 heterocycles. The molecule has 124 valence electrons. The molecule has 2 aromatic rings. The number of nitrogens with one attached hydrogen (secondary N) is 1. The number of azo groups is 1. The topological polar surface area (TPSA) is 88.7 Å². The van der Waals surface area contributed by atoms with E-state index in [1.165, 1.54) is 17.0 Å². The van der Waals surface area contributed by atoms with E-state index in [2.05, 4.69) is 26.7 Å². The van der Waals surface area contributed by atoms with Gasteiger partial charge >= 0.3 is 0 Å². The highest BCUT2D eigenvalue weighted by atomic mass is 32.1. The molecule has 1 unspecified atom stereocenters. The van der Waals surface area contributed by atoms with E-state index in [4.69, 9.17) is 0 Å². The minimum absolute atomic E-state index is 0.275. The fourth-order valence-corrected chi connectivity index (χ4v) is 3.46. The summed E-state index contributed by atoms with van der Waals surface area (Å²) in [6.07, 6.45) is 2.70. The first-order chi connectivity index (χ1) is 11.6. The van der Waals surface area contributed by atoms with Gasteiger partial charge in [0, 0.05) is 28.8 Å². The third-order valence-electron chi connectivity index (χ3n) is 3.74. The van der Waals surface area contributed by atoms with Crippen LogP contribution < -0.4 is 5.32 Å². The number of aromatic nitrogens is 2. The highest BCUT2D eigenvalue weighted by Gasteiger charge is 2.18. The van der Waals surface area contributed by atoms with Gasteiger partial charge in [0.1, 0.15) is 0 Å². The van der Waals surface area contributed by atoms with Gasteiger partial charge < -0.3 is 5.32 Å². The third-order valence-corrected chi connectivity index (χ3v) is 4.63. The van der Waals surface area contributed by atoms with Crippen molar-refractivity contribution in [3.05, 3.63) is 41.1 Å². The van der Waals surface area contributed by atoms with Crippen LogP contribution in [0.15, 0.2) is 39.9 Å². The number of nitrogens with zero attached hydrogens (tertiary/aromatic N) is 4. The summed E-state index contributed by atoms with van der Waals surface area (Å²) >= 11 is 1.68. The van der Waals surface area contributed by atoms with Crippen molar-refractivity contribution in [1.82, 2.24) is 15.1 Å². The van der Waals surface area contributed by atoms with Crippen molar-refractivity contribution >= 4 is 23.2 Å². The van der Waals surface area contributed by atoms with E-state index in [1.807, 2.05) is 30.0 Å². The molecule has 0 bridgehead atoms. The second-order valence-electron chi connectivity index (χ2n) is 5.39. The number of carbonyl (C=O) groups is 2. The summed E-state index contributed by atoms with van der Waals surface area (Å²) in [5, 5.41) is 16.4. The molecule has 0 radical (unpaired) electrons. The van der Waals surface area contributed by atoms with Crippen LogP contribution in [0.5, 0.6) is 0 Å². The maximum Gasteiger partial charge on any atom is 0.287 e. The Morgan fingerprint density at radius 2 is 2.25 bits per heavy atom. The van der Waals surface area contributed by atoms with Gasteiger partial charge in [-0.3, -0.25) is 14.3 Å². The van der Waals surface area contributed by atoms with Gasteiger partial charge in [-0.1, -0.05) is 6.07 Å². The quantitative estimate of drug-likeness (QED) is 0.903. The van der Waals surface area contributed by atoms with Crippen LogP contribution in [-0.2, 0) is 16.1 Å². The lowest BCUT2D eigenvalue weighted by Crippen LogP contribution is -2.35. The Labute approximate surface area is 143 Å². The van der Waals surface area contributed by atoms with Gasteiger partial charge in [0.15, 0.2) is 6.04 Å². The Kier molecular flexibility index (Phi) is 4.66. The van der Waals surface area contributed by atoms with Crippen molar-refractivity contribution in [1.29, 1.82) is 0 Å². The minimum Gasteiger partial charge on any atom is -0.352 e. The van der Waals surface area contributed by atoms with E-state index < -0.39 is 11.9 Å². The van der Waals surface area contributed by atoms with E-state index in [-0.39, 0.29) is 5.91 Å². The lowest BCUT2D eigenvalue weighted by molar-refractivity contribution is -0.121. The predicted octanol–water partition coefficient (Wildman–Crippen LogP) is 2.26. The number of hydrogen-bond acceptors (Lipinski definition) is 5. The molecule has 0 saturated carbocycles. The third kappa shape index (κ3) is 3.33. The van der Waals surface area contributed by atoms with Crippen molar-refractivity contribution in [2.24, 2.45) is 10.2 Å². The SMILES string of the molecule is Cc1nn(CCNC(=O)C2C=CC(=O)N=N2)c(C)c1-c1cccs1. The maximum atomic E-state index is 12.0. The minimum atomic E-state index is -0.732. The molecule has 2 aromatic heterocycles. The van der Waals surface area contributed by atoms with Crippen LogP contribution in [0.3, 0.4) is 0 Å². The summed E-state index contributed by atoms with van der Waals surface area (Å²) in [6, 6.07) is 3.37. The summed E-state index contributed by atoms with van der Waals surface area (Å²) in [6.45, 7) is 5.01. The summed E-state index contributed by atoms with van der Waals surface area (Å²) in [4.78, 5) is 24.1. The van der Waals surface area contributed by atoms with Gasteiger partial charge in [-0.25, -0.2) is 0 Å². The molecule has 1 N–H and O–H groups in total. The van der Waals surface area contributed by atoms with Crippen LogP contribution in [0.25, 0.3) is 10.4 Å². The van der Waals surface area contributed by atoms with Crippen LogP contribution in [-0.4, -0.2) is 34.2 Å². The summed E-state index contributed by atoms with van der Waals surface area (Å²) in [7, 11) is 0. The highest BCUT2D eigenvalue weighted by molar-refractivity contribution is 7.13. The van der Waals surface area contributed by atoms with Gasteiger partial charge in [-0.15, -0.1) is 16.5 Å². The van der Waals surface area contributed by atoms with Crippen LogP contribution in [0.4, 0.5) is 0 Å². The summed E-state index contributed by atoms with van der Waals surface area (Å²) < 4.78 is 1.90. The zero-order valence-electron chi connectivity index (χ0n) is 13.4. The molecule has 2 amide bonds.